The Morgan fingerprint density at radius 2 is 1.76 bits per heavy atom. The van der Waals surface area contributed by atoms with Gasteiger partial charge in [0, 0.05) is 103 Å². The molecule has 340 valence electrons. The van der Waals surface area contributed by atoms with Gasteiger partial charge in [-0.15, -0.1) is 11.3 Å². The molecule has 1 spiro atoms. The lowest BCUT2D eigenvalue weighted by Crippen LogP contribution is -2.73. The molecule has 3 aromatic carbocycles. The Bertz CT molecular complexity index is 2880. The highest BCUT2D eigenvalue weighted by Gasteiger charge is 2.54. The third kappa shape index (κ3) is 7.72. The predicted octanol–water partition coefficient (Wildman–Crippen LogP) is 5.10. The summed E-state index contributed by atoms with van der Waals surface area (Å²) in [6.45, 7) is 4.37. The lowest BCUT2D eigenvalue weighted by atomic mass is 9.72. The van der Waals surface area contributed by atoms with Crippen LogP contribution in [0, 0.1) is 17.0 Å². The molecule has 4 saturated heterocycles. The maximum Gasteiger partial charge on any atom is 0.257 e. The van der Waals surface area contributed by atoms with Gasteiger partial charge in [0.15, 0.2) is 17.0 Å². The molecule has 19 heteroatoms. The van der Waals surface area contributed by atoms with Crippen molar-refractivity contribution in [2.75, 3.05) is 59.7 Å². The van der Waals surface area contributed by atoms with Crippen molar-refractivity contribution in [3.05, 3.63) is 102 Å². The first-order valence-electron chi connectivity index (χ1n) is 22.3. The highest BCUT2D eigenvalue weighted by molar-refractivity contribution is 7.13. The number of likely N-dealkylation sites (tertiary alicyclic amines) is 1. The molecule has 6 aromatic rings. The summed E-state index contributed by atoms with van der Waals surface area (Å²) >= 11 is 1.31. The molecule has 5 aliphatic rings. The molecule has 4 N–H and O–H groups in total. The topological polar surface area (TPSA) is 183 Å². The van der Waals surface area contributed by atoms with Crippen LogP contribution in [0.4, 0.5) is 31.0 Å². The summed E-state index contributed by atoms with van der Waals surface area (Å²) in [5.74, 6) is -2.13. The number of halogens is 2. The van der Waals surface area contributed by atoms with Crippen LogP contribution < -0.4 is 25.8 Å². The molecular weight excluding hydrogens is 869 g/mol. The SMILES string of the molecule is O=C1CC[C@H](Nc2ccc(N3CCC(O)(CC(=O)N4CC5(C4)CN(c4ccc(-c6ccc7cn(C(C(=O)Nc8nccs8)c8ncn9c8CCC9)nc7c6F)cc4)C5)CC3)c(F)c2)C(=O)N1. The number of aliphatic hydroxyl groups is 1. The molecule has 0 saturated carbocycles. The van der Waals surface area contributed by atoms with Gasteiger partial charge in [-0.2, -0.15) is 5.10 Å². The Morgan fingerprint density at radius 3 is 2.50 bits per heavy atom. The van der Waals surface area contributed by atoms with Crippen molar-refractivity contribution in [1.82, 2.24) is 34.5 Å². The molecule has 3 aromatic heterocycles. The Labute approximate surface area is 381 Å². The zero-order valence-electron chi connectivity index (χ0n) is 35.9. The van der Waals surface area contributed by atoms with Crippen molar-refractivity contribution in [1.29, 1.82) is 0 Å². The number of imide groups is 1. The van der Waals surface area contributed by atoms with Crippen molar-refractivity contribution >= 4 is 68.1 Å². The highest BCUT2D eigenvalue weighted by atomic mass is 32.1. The summed E-state index contributed by atoms with van der Waals surface area (Å²) < 4.78 is 35.2. The van der Waals surface area contributed by atoms with E-state index >= 15 is 8.78 Å². The predicted molar refractivity (Wildman–Crippen MR) is 243 cm³/mol. The molecular formula is C47H47F2N11O5S. The minimum Gasteiger partial charge on any atom is -0.389 e. The van der Waals surface area contributed by atoms with E-state index in [4.69, 9.17) is 0 Å². The minimum atomic E-state index is -1.18. The van der Waals surface area contributed by atoms with Gasteiger partial charge in [0.2, 0.25) is 17.7 Å². The number of nitrogens with zero attached hydrogens (tertiary/aromatic N) is 8. The summed E-state index contributed by atoms with van der Waals surface area (Å²) in [5.41, 5.74) is 3.44. The van der Waals surface area contributed by atoms with Gasteiger partial charge in [0.1, 0.15) is 17.4 Å². The molecule has 66 heavy (non-hydrogen) atoms. The van der Waals surface area contributed by atoms with Crippen LogP contribution >= 0.6 is 11.3 Å². The number of carbonyl (C=O) groups is 4. The van der Waals surface area contributed by atoms with Gasteiger partial charge in [0.05, 0.1) is 29.7 Å². The number of aryl methyl sites for hydroxylation is 1. The first kappa shape index (κ1) is 41.9. The number of piperidine rings is 2. The van der Waals surface area contributed by atoms with E-state index in [-0.39, 0.29) is 41.5 Å². The number of rotatable bonds is 11. The summed E-state index contributed by atoms with van der Waals surface area (Å²) in [7, 11) is 0. The average Bonchev–Trinajstić information content (AvgIpc) is 4.10. The van der Waals surface area contributed by atoms with Crippen molar-refractivity contribution in [3.63, 3.8) is 0 Å². The largest absolute Gasteiger partial charge is 0.389 e. The molecule has 16 nitrogen and oxygen atoms in total. The summed E-state index contributed by atoms with van der Waals surface area (Å²) in [6, 6.07) is 14.4. The fraction of sp³-hybridized carbons (Fsp3) is 0.383. The number of thiazole rings is 1. The molecule has 4 amide bonds. The molecule has 5 aliphatic heterocycles. The standard InChI is InChI=1S/C47H47F2N11O5S/c48-33-20-30(52-34-10-12-37(61)53-43(34)63)6-11-35(33)56-17-13-47(65,14-18-56)21-38(62)59-25-46(26-59)23-58(24-46)31-7-3-28(4-8-31)32-9-5-29-22-60(55-40(29)39(32)49)42(44(64)54-45-50-15-19-66-45)41-36-2-1-16-57(36)27-51-41/h3-9,11,15,19-20,22,27,34,42,52,65H,1-2,10,12-14,16-18,21,23-26H2,(H,50,54,64)(H,53,61,63)/t34-,42?/m0/s1. The van der Waals surface area contributed by atoms with Gasteiger partial charge in [-0.25, -0.2) is 18.7 Å². The van der Waals surface area contributed by atoms with Gasteiger partial charge < -0.3 is 29.7 Å². The number of anilines is 4. The van der Waals surface area contributed by atoms with Gasteiger partial charge in [-0.3, -0.25) is 34.5 Å². The van der Waals surface area contributed by atoms with Crippen LogP contribution in [0.15, 0.2) is 78.7 Å². The maximum absolute atomic E-state index is 16.4. The lowest BCUT2D eigenvalue weighted by molar-refractivity contribution is -0.151. The van der Waals surface area contributed by atoms with Crippen LogP contribution in [0.3, 0.4) is 0 Å². The van der Waals surface area contributed by atoms with Crippen LogP contribution in [-0.2, 0) is 32.1 Å². The van der Waals surface area contributed by atoms with Crippen molar-refractivity contribution in [2.45, 2.75) is 69.2 Å². The molecule has 1 unspecified atom stereocenters. The van der Waals surface area contributed by atoms with E-state index in [0.29, 0.717) is 84.2 Å². The third-order valence-corrected chi connectivity index (χ3v) is 14.6. The molecule has 2 atom stereocenters. The number of aromatic nitrogens is 5. The first-order chi connectivity index (χ1) is 31.9. The molecule has 0 aliphatic carbocycles. The first-order valence-corrected chi connectivity index (χ1v) is 23.2. The molecule has 8 heterocycles. The number of nitrogens with one attached hydrogen (secondary N) is 3. The number of benzene rings is 3. The monoisotopic (exact) mass is 915 g/mol. The Morgan fingerprint density at radius 1 is 0.955 bits per heavy atom. The number of carbonyl (C=O) groups excluding carboxylic acids is 4. The molecule has 0 radical (unpaired) electrons. The van der Waals surface area contributed by atoms with E-state index in [1.54, 1.807) is 42.3 Å². The van der Waals surface area contributed by atoms with Gasteiger partial charge in [0.25, 0.3) is 5.91 Å². The summed E-state index contributed by atoms with van der Waals surface area (Å²) in [4.78, 5) is 65.5. The van der Waals surface area contributed by atoms with E-state index in [2.05, 4.69) is 40.5 Å². The number of hydrogen-bond donors (Lipinski definition) is 4. The number of imidazole rings is 1. The average molecular weight is 916 g/mol. The van der Waals surface area contributed by atoms with Gasteiger partial charge >= 0.3 is 0 Å². The molecule has 4 fully saturated rings. The number of hydrogen-bond acceptors (Lipinski definition) is 12. The number of amides is 4. The second kappa shape index (κ2) is 16.3. The van der Waals surface area contributed by atoms with Crippen LogP contribution in [0.2, 0.25) is 0 Å². The van der Waals surface area contributed by atoms with Crippen molar-refractivity contribution in [3.8, 4) is 11.1 Å². The second-order valence-corrected chi connectivity index (χ2v) is 19.3. The summed E-state index contributed by atoms with van der Waals surface area (Å²) in [6.07, 6.45) is 8.00. The molecule has 0 bridgehead atoms. The van der Waals surface area contributed by atoms with E-state index < -0.39 is 35.2 Å². The fourth-order valence-corrected chi connectivity index (χ4v) is 10.9. The van der Waals surface area contributed by atoms with E-state index in [0.717, 1.165) is 43.9 Å². The lowest BCUT2D eigenvalue weighted by Gasteiger charge is -2.61. The van der Waals surface area contributed by atoms with Gasteiger partial charge in [-0.1, -0.05) is 24.3 Å². The number of fused-ring (bicyclic) bond motifs is 2. The quantitative estimate of drug-likeness (QED) is 0.127. The minimum absolute atomic E-state index is 0.0114. The normalized spacial score (nSPS) is 20.2. The smallest absolute Gasteiger partial charge is 0.257 e. The molecule has 11 rings (SSSR count). The zero-order chi connectivity index (χ0) is 45.3. The highest BCUT2D eigenvalue weighted by Crippen LogP contribution is 2.44. The van der Waals surface area contributed by atoms with E-state index in [1.165, 1.54) is 22.1 Å². The Kier molecular flexibility index (Phi) is 10.4. The van der Waals surface area contributed by atoms with Crippen LogP contribution in [0.25, 0.3) is 22.0 Å². The third-order valence-electron chi connectivity index (χ3n) is 13.9. The fourth-order valence-electron chi connectivity index (χ4n) is 10.3. The Balaban J connectivity index is 0.682. The summed E-state index contributed by atoms with van der Waals surface area (Å²) in [5, 5.41) is 27.1. The van der Waals surface area contributed by atoms with Crippen molar-refractivity contribution < 1.29 is 33.1 Å². The Hall–Kier alpha value is -6.73. The van der Waals surface area contributed by atoms with E-state index in [9.17, 15) is 24.3 Å². The maximum atomic E-state index is 16.4. The zero-order valence-corrected chi connectivity index (χ0v) is 36.7. The van der Waals surface area contributed by atoms with Crippen LogP contribution in [-0.4, -0.2) is 109 Å². The second-order valence-electron chi connectivity index (χ2n) is 18.4. The van der Waals surface area contributed by atoms with Gasteiger partial charge in [-0.05, 0) is 68.0 Å². The van der Waals surface area contributed by atoms with Crippen LogP contribution in [0.1, 0.15) is 56.0 Å². The van der Waals surface area contributed by atoms with Crippen molar-refractivity contribution in [2.24, 2.45) is 5.41 Å². The van der Waals surface area contributed by atoms with Crippen LogP contribution in [0.5, 0.6) is 0 Å². The van der Waals surface area contributed by atoms with E-state index in [1.807, 2.05) is 40.1 Å².